The average molecular weight is 519 g/mol. The lowest BCUT2D eigenvalue weighted by molar-refractivity contribution is 0.533. The maximum absolute atomic E-state index is 14.7. The normalized spacial score (nSPS) is 26.2. The lowest BCUT2D eigenvalue weighted by Gasteiger charge is -2.26. The van der Waals surface area contributed by atoms with Gasteiger partial charge in [-0.25, -0.2) is 14.4 Å². The predicted molar refractivity (Wildman–Crippen MR) is 145 cm³/mol. The van der Waals surface area contributed by atoms with Gasteiger partial charge in [-0.3, -0.25) is 5.10 Å². The molecule has 0 spiro atoms. The zero-order valence-corrected chi connectivity index (χ0v) is 21.4. The number of rotatable bonds is 4. The Kier molecular flexibility index (Phi) is 4.94. The highest BCUT2D eigenvalue weighted by Gasteiger charge is 2.66. The van der Waals surface area contributed by atoms with Crippen molar-refractivity contribution < 1.29 is 4.39 Å². The van der Waals surface area contributed by atoms with Gasteiger partial charge in [-0.15, -0.1) is 0 Å². The van der Waals surface area contributed by atoms with Crippen molar-refractivity contribution in [1.82, 2.24) is 20.2 Å². The fourth-order valence-electron chi connectivity index (χ4n) is 6.69. The van der Waals surface area contributed by atoms with E-state index in [9.17, 15) is 4.39 Å². The van der Waals surface area contributed by atoms with Crippen LogP contribution in [0, 0.1) is 17.7 Å². The van der Waals surface area contributed by atoms with E-state index in [1.165, 1.54) is 6.07 Å². The van der Waals surface area contributed by atoms with E-state index in [0.29, 0.717) is 34.3 Å². The number of benzene rings is 2. The Morgan fingerprint density at radius 3 is 2.86 bits per heavy atom. The number of hydrogen-bond donors (Lipinski definition) is 3. The third-order valence-corrected chi connectivity index (χ3v) is 9.17. The first-order valence-electron chi connectivity index (χ1n) is 12.7. The van der Waals surface area contributed by atoms with Gasteiger partial charge in [0.1, 0.15) is 22.8 Å². The van der Waals surface area contributed by atoms with Crippen LogP contribution in [0.15, 0.2) is 42.6 Å². The Balaban J connectivity index is 1.18. The first-order valence-corrected chi connectivity index (χ1v) is 13.0. The maximum atomic E-state index is 14.7. The monoisotopic (exact) mass is 518 g/mol. The summed E-state index contributed by atoms with van der Waals surface area (Å²) in [7, 11) is 2.02. The van der Waals surface area contributed by atoms with Gasteiger partial charge in [0.15, 0.2) is 5.65 Å². The first-order chi connectivity index (χ1) is 17.9. The van der Waals surface area contributed by atoms with E-state index in [4.69, 9.17) is 27.3 Å². The number of nitrogens with two attached hydrogens (primary N) is 1. The number of aromatic nitrogens is 4. The molecule has 7 rings (SSSR count). The van der Waals surface area contributed by atoms with E-state index in [1.807, 2.05) is 31.3 Å². The van der Waals surface area contributed by atoms with Crippen molar-refractivity contribution in [3.8, 4) is 11.3 Å². The standard InChI is InChI=1S/C27H28ClFN8/c1-14-32-20-8-7-15(22(28)25(20)36(14)2)23-24-26(35-34-23)33-21(11-31-24)37-10-9-16-18(12-37)27(16,13-30)17-5-3-4-6-19(17)29/h3-8,11,14,16,18,32H,9-10,12-13,30H2,1-2H3,(H,33,34,35)/t14?,16-,18+,27-/m1/s1. The minimum atomic E-state index is -0.303. The molecule has 2 aromatic heterocycles. The van der Waals surface area contributed by atoms with E-state index in [1.54, 1.807) is 12.3 Å². The molecule has 8 nitrogen and oxygen atoms in total. The van der Waals surface area contributed by atoms with Gasteiger partial charge in [0, 0.05) is 37.7 Å². The van der Waals surface area contributed by atoms with Gasteiger partial charge < -0.3 is 20.9 Å². The van der Waals surface area contributed by atoms with Crippen LogP contribution in [-0.4, -0.2) is 53.0 Å². The van der Waals surface area contributed by atoms with Crippen LogP contribution < -0.4 is 20.9 Å². The molecule has 0 bridgehead atoms. The van der Waals surface area contributed by atoms with Gasteiger partial charge in [0.25, 0.3) is 0 Å². The summed E-state index contributed by atoms with van der Waals surface area (Å²) in [6.45, 7) is 4.13. The summed E-state index contributed by atoms with van der Waals surface area (Å²) in [6.07, 6.45) is 2.90. The Morgan fingerprint density at radius 2 is 2.05 bits per heavy atom. The summed E-state index contributed by atoms with van der Waals surface area (Å²) in [5.74, 6) is 1.29. The number of fused-ring (bicyclic) bond motifs is 3. The molecule has 2 fully saturated rings. The van der Waals surface area contributed by atoms with Crippen LogP contribution in [0.5, 0.6) is 0 Å². The molecule has 0 amide bonds. The molecule has 1 unspecified atom stereocenters. The highest BCUT2D eigenvalue weighted by Crippen LogP contribution is 2.63. The summed E-state index contributed by atoms with van der Waals surface area (Å²) in [4.78, 5) is 14.0. The number of anilines is 3. The number of H-pyrrole nitrogens is 1. The largest absolute Gasteiger partial charge is 0.364 e. The minimum absolute atomic E-state index is 0.160. The number of piperidine rings is 1. The van der Waals surface area contributed by atoms with Gasteiger partial charge >= 0.3 is 0 Å². The lowest BCUT2D eigenvalue weighted by Crippen LogP contribution is -2.32. The third-order valence-electron chi connectivity index (χ3n) is 8.79. The molecule has 2 aromatic carbocycles. The molecule has 1 saturated carbocycles. The Labute approximate surface area is 219 Å². The molecule has 3 aliphatic rings. The van der Waals surface area contributed by atoms with Gasteiger partial charge in [-0.05, 0) is 48.9 Å². The zero-order chi connectivity index (χ0) is 25.5. The molecule has 4 heterocycles. The second-order valence-electron chi connectivity index (χ2n) is 10.4. The van der Waals surface area contributed by atoms with E-state index in [0.717, 1.165) is 47.8 Å². The second kappa shape index (κ2) is 8.03. The fraction of sp³-hybridized carbons (Fsp3) is 0.370. The molecule has 190 valence electrons. The molecule has 4 N–H and O–H groups in total. The van der Waals surface area contributed by atoms with Crippen molar-refractivity contribution >= 4 is 40.0 Å². The molecule has 37 heavy (non-hydrogen) atoms. The molecule has 1 saturated heterocycles. The van der Waals surface area contributed by atoms with Crippen LogP contribution in [0.4, 0.5) is 21.6 Å². The van der Waals surface area contributed by atoms with Crippen LogP contribution >= 0.6 is 11.6 Å². The SMILES string of the molecule is CC1Nc2ccc(-c3n[nH]c4nc(N5CC[C@@H]6[C@H](C5)[C@@]6(CN)c5ccccc5F)cnc34)c(Cl)c2N1C. The maximum Gasteiger partial charge on any atom is 0.177 e. The summed E-state index contributed by atoms with van der Waals surface area (Å²) in [5, 5.41) is 11.7. The smallest absolute Gasteiger partial charge is 0.177 e. The Morgan fingerprint density at radius 1 is 1.22 bits per heavy atom. The molecule has 0 radical (unpaired) electrons. The number of halogens is 2. The van der Waals surface area contributed by atoms with Gasteiger partial charge in [-0.2, -0.15) is 5.10 Å². The van der Waals surface area contributed by atoms with Crippen molar-refractivity contribution in [1.29, 1.82) is 0 Å². The lowest BCUT2D eigenvalue weighted by atomic mass is 9.91. The third kappa shape index (κ3) is 3.13. The van der Waals surface area contributed by atoms with Gasteiger partial charge in [0.2, 0.25) is 0 Å². The number of nitrogens with zero attached hydrogens (tertiary/aromatic N) is 5. The van der Waals surface area contributed by atoms with E-state index >= 15 is 0 Å². The van der Waals surface area contributed by atoms with Crippen LogP contribution in [-0.2, 0) is 5.41 Å². The molecule has 4 atom stereocenters. The van der Waals surface area contributed by atoms with Crippen LogP contribution in [0.25, 0.3) is 22.4 Å². The van der Waals surface area contributed by atoms with Crippen molar-refractivity contribution in [2.75, 3.05) is 41.8 Å². The Bertz CT molecular complexity index is 1540. The molecule has 10 heteroatoms. The summed E-state index contributed by atoms with van der Waals surface area (Å²) in [5.41, 5.74) is 11.4. The summed E-state index contributed by atoms with van der Waals surface area (Å²) >= 11 is 6.85. The molecule has 2 aliphatic heterocycles. The van der Waals surface area contributed by atoms with Gasteiger partial charge in [-0.1, -0.05) is 29.8 Å². The minimum Gasteiger partial charge on any atom is -0.364 e. The highest BCUT2D eigenvalue weighted by molar-refractivity contribution is 6.37. The first kappa shape index (κ1) is 22.7. The van der Waals surface area contributed by atoms with E-state index < -0.39 is 0 Å². The highest BCUT2D eigenvalue weighted by atomic mass is 35.5. The van der Waals surface area contributed by atoms with E-state index in [2.05, 4.69) is 32.2 Å². The quantitative estimate of drug-likeness (QED) is 0.369. The molecule has 4 aromatic rings. The van der Waals surface area contributed by atoms with Crippen molar-refractivity contribution in [2.24, 2.45) is 17.6 Å². The average Bonchev–Trinajstić information content (AvgIpc) is 3.19. The topological polar surface area (TPSA) is 99.0 Å². The van der Waals surface area contributed by atoms with Gasteiger partial charge in [0.05, 0.1) is 28.8 Å². The summed E-state index contributed by atoms with van der Waals surface area (Å²) < 4.78 is 14.7. The zero-order valence-electron chi connectivity index (χ0n) is 20.7. The van der Waals surface area contributed by atoms with Crippen molar-refractivity contribution in [3.63, 3.8) is 0 Å². The number of hydrogen-bond acceptors (Lipinski definition) is 7. The predicted octanol–water partition coefficient (Wildman–Crippen LogP) is 4.37. The Hall–Kier alpha value is -3.43. The van der Waals surface area contributed by atoms with Crippen molar-refractivity contribution in [3.05, 3.63) is 59.0 Å². The second-order valence-corrected chi connectivity index (χ2v) is 10.8. The molecular formula is C27H28ClFN8. The molecular weight excluding hydrogens is 491 g/mol. The fourth-order valence-corrected chi connectivity index (χ4v) is 7.08. The summed E-state index contributed by atoms with van der Waals surface area (Å²) in [6, 6.07) is 11.1. The van der Waals surface area contributed by atoms with Crippen molar-refractivity contribution in [2.45, 2.75) is 24.9 Å². The number of nitrogens with one attached hydrogen (secondary N) is 2. The van der Waals surface area contributed by atoms with Crippen LogP contribution in [0.2, 0.25) is 5.02 Å². The number of aromatic amines is 1. The van der Waals surface area contributed by atoms with E-state index in [-0.39, 0.29) is 23.3 Å². The van der Waals surface area contributed by atoms with Crippen LogP contribution in [0.3, 0.4) is 0 Å². The van der Waals surface area contributed by atoms with Crippen LogP contribution in [0.1, 0.15) is 18.9 Å². The molecule has 1 aliphatic carbocycles.